The Balaban J connectivity index is 1.81. The number of nitrogens with zero attached hydrogens (tertiary/aromatic N) is 2. The van der Waals surface area contributed by atoms with Crippen molar-refractivity contribution in [3.05, 3.63) is 137 Å². The topological polar surface area (TPSA) is 51.3 Å². The van der Waals surface area contributed by atoms with Crippen LogP contribution in [0.3, 0.4) is 0 Å². The number of fused-ring (bicyclic) bond motifs is 1. The molecule has 2 atom stereocenters. The van der Waals surface area contributed by atoms with Gasteiger partial charge in [0.1, 0.15) is 28.8 Å². The molecule has 1 aliphatic heterocycles. The summed E-state index contributed by atoms with van der Waals surface area (Å²) in [5, 5.41) is 0. The second-order valence-corrected chi connectivity index (χ2v) is 8.54. The SMILES string of the molecule is C=CC(C)c1cccc(-c2cc(C3(c4ccncc4F)N=C(N)c4ccccc43)ccc2F)c1F. The first-order valence-corrected chi connectivity index (χ1v) is 11.1. The third kappa shape index (κ3) is 3.44. The molecule has 0 radical (unpaired) electrons. The van der Waals surface area contributed by atoms with Crippen molar-refractivity contribution in [2.24, 2.45) is 10.7 Å². The van der Waals surface area contributed by atoms with E-state index < -0.39 is 23.0 Å². The van der Waals surface area contributed by atoms with Gasteiger partial charge in [0.2, 0.25) is 0 Å². The number of hydrogen-bond donors (Lipinski definition) is 1. The number of nitrogens with two attached hydrogens (primary N) is 1. The maximum Gasteiger partial charge on any atom is 0.147 e. The lowest BCUT2D eigenvalue weighted by Crippen LogP contribution is -2.27. The van der Waals surface area contributed by atoms with Crippen molar-refractivity contribution < 1.29 is 13.2 Å². The van der Waals surface area contributed by atoms with E-state index in [-0.39, 0.29) is 28.4 Å². The molecule has 0 bridgehead atoms. The Morgan fingerprint density at radius 2 is 1.66 bits per heavy atom. The highest BCUT2D eigenvalue weighted by Gasteiger charge is 2.44. The fraction of sp³-hybridized carbons (Fsp3) is 0.103. The summed E-state index contributed by atoms with van der Waals surface area (Å²) in [5.74, 6) is -1.75. The largest absolute Gasteiger partial charge is 0.383 e. The van der Waals surface area contributed by atoms with Gasteiger partial charge in [-0.1, -0.05) is 61.5 Å². The van der Waals surface area contributed by atoms with Crippen LogP contribution in [-0.4, -0.2) is 10.8 Å². The molecule has 0 spiro atoms. The van der Waals surface area contributed by atoms with Gasteiger partial charge in [0.25, 0.3) is 0 Å². The number of benzene rings is 3. The van der Waals surface area contributed by atoms with Gasteiger partial charge in [-0.2, -0.15) is 0 Å². The molecule has 2 heterocycles. The molecule has 3 nitrogen and oxygen atoms in total. The van der Waals surface area contributed by atoms with E-state index in [1.54, 1.807) is 24.3 Å². The van der Waals surface area contributed by atoms with E-state index in [2.05, 4.69) is 11.6 Å². The summed E-state index contributed by atoms with van der Waals surface area (Å²) in [7, 11) is 0. The maximum atomic E-state index is 15.5. The molecular formula is C29H22F3N3. The molecule has 174 valence electrons. The first-order valence-electron chi connectivity index (χ1n) is 11.1. The fourth-order valence-corrected chi connectivity index (χ4v) is 4.77. The minimum atomic E-state index is -1.39. The Morgan fingerprint density at radius 3 is 2.43 bits per heavy atom. The molecule has 6 heteroatoms. The number of halogens is 3. The summed E-state index contributed by atoms with van der Waals surface area (Å²) >= 11 is 0. The highest BCUT2D eigenvalue weighted by atomic mass is 19.1. The maximum absolute atomic E-state index is 15.5. The van der Waals surface area contributed by atoms with Crippen LogP contribution in [0.25, 0.3) is 11.1 Å². The Labute approximate surface area is 201 Å². The number of rotatable bonds is 5. The van der Waals surface area contributed by atoms with Gasteiger partial charge < -0.3 is 5.73 Å². The van der Waals surface area contributed by atoms with Crippen molar-refractivity contribution in [2.45, 2.75) is 18.4 Å². The van der Waals surface area contributed by atoms with Gasteiger partial charge in [0, 0.05) is 34.4 Å². The molecule has 0 aliphatic carbocycles. The minimum Gasteiger partial charge on any atom is -0.383 e. The Morgan fingerprint density at radius 1 is 0.886 bits per heavy atom. The molecule has 0 amide bonds. The summed E-state index contributed by atoms with van der Waals surface area (Å²) in [5.41, 5.74) is 7.42. The predicted octanol–water partition coefficient (Wildman–Crippen LogP) is 6.47. The van der Waals surface area contributed by atoms with Crippen LogP contribution in [0.15, 0.2) is 96.8 Å². The second-order valence-electron chi connectivity index (χ2n) is 8.54. The monoisotopic (exact) mass is 469 g/mol. The van der Waals surface area contributed by atoms with Gasteiger partial charge in [0.05, 0.1) is 6.20 Å². The lowest BCUT2D eigenvalue weighted by atomic mass is 9.77. The lowest BCUT2D eigenvalue weighted by molar-refractivity contribution is 0.554. The van der Waals surface area contributed by atoms with Crippen molar-refractivity contribution in [1.82, 2.24) is 4.98 Å². The zero-order valence-electron chi connectivity index (χ0n) is 19.0. The molecule has 1 aliphatic rings. The van der Waals surface area contributed by atoms with E-state index in [1.807, 2.05) is 25.1 Å². The molecule has 3 aromatic carbocycles. The molecule has 35 heavy (non-hydrogen) atoms. The highest BCUT2D eigenvalue weighted by Crippen LogP contribution is 2.47. The normalized spacial score (nSPS) is 17.5. The summed E-state index contributed by atoms with van der Waals surface area (Å²) < 4.78 is 45.9. The van der Waals surface area contributed by atoms with Crippen molar-refractivity contribution in [3.63, 3.8) is 0 Å². The zero-order valence-corrected chi connectivity index (χ0v) is 19.0. The van der Waals surface area contributed by atoms with Crippen LogP contribution < -0.4 is 5.73 Å². The Bertz CT molecular complexity index is 1490. The number of hydrogen-bond acceptors (Lipinski definition) is 3. The Kier molecular flexibility index (Phi) is 5.52. The average molecular weight is 470 g/mol. The lowest BCUT2D eigenvalue weighted by Gasteiger charge is -2.30. The van der Waals surface area contributed by atoms with Crippen LogP contribution in [0.4, 0.5) is 13.2 Å². The van der Waals surface area contributed by atoms with Crippen LogP contribution in [-0.2, 0) is 5.54 Å². The van der Waals surface area contributed by atoms with E-state index in [1.165, 1.54) is 36.5 Å². The third-order valence-corrected chi connectivity index (χ3v) is 6.59. The van der Waals surface area contributed by atoms with Crippen molar-refractivity contribution in [3.8, 4) is 11.1 Å². The van der Waals surface area contributed by atoms with Crippen LogP contribution in [0.1, 0.15) is 40.7 Å². The molecule has 1 aromatic heterocycles. The van der Waals surface area contributed by atoms with Gasteiger partial charge in [-0.25, -0.2) is 18.2 Å². The molecule has 4 aromatic rings. The van der Waals surface area contributed by atoms with E-state index in [0.717, 1.165) is 6.20 Å². The standard InChI is InChI=1S/C29H22F3N3/c1-3-17(2)19-8-6-9-20(27(19)32)22-15-18(11-12-25(22)30)29(24-13-14-34-16-26(24)31)23-10-5-4-7-21(23)28(33)35-29/h3-17H,1H2,2H3,(H2,33,35). The van der Waals surface area contributed by atoms with E-state index in [9.17, 15) is 0 Å². The average Bonchev–Trinajstić information content (AvgIpc) is 3.18. The van der Waals surface area contributed by atoms with Gasteiger partial charge in [-0.15, -0.1) is 6.58 Å². The van der Waals surface area contributed by atoms with Crippen molar-refractivity contribution in [2.75, 3.05) is 0 Å². The predicted molar refractivity (Wildman–Crippen MR) is 132 cm³/mol. The molecule has 2 unspecified atom stereocenters. The first kappa shape index (κ1) is 22.6. The molecule has 5 rings (SSSR count). The van der Waals surface area contributed by atoms with Gasteiger partial charge >= 0.3 is 0 Å². The van der Waals surface area contributed by atoms with Crippen molar-refractivity contribution >= 4 is 5.84 Å². The van der Waals surface area contributed by atoms with Crippen LogP contribution >= 0.6 is 0 Å². The second kappa shape index (κ2) is 8.55. The van der Waals surface area contributed by atoms with E-state index >= 15 is 13.2 Å². The Hall–Kier alpha value is -4.19. The van der Waals surface area contributed by atoms with Crippen molar-refractivity contribution in [1.29, 1.82) is 0 Å². The zero-order chi connectivity index (χ0) is 24.7. The third-order valence-electron chi connectivity index (χ3n) is 6.59. The minimum absolute atomic E-state index is 0.0464. The molecule has 0 saturated carbocycles. The smallest absolute Gasteiger partial charge is 0.147 e. The first-order chi connectivity index (χ1) is 16.9. The number of aromatic nitrogens is 1. The number of amidine groups is 1. The summed E-state index contributed by atoms with van der Waals surface area (Å²) in [6, 6.07) is 17.9. The van der Waals surface area contributed by atoms with E-state index in [4.69, 9.17) is 10.7 Å². The number of pyridine rings is 1. The number of allylic oxidation sites excluding steroid dienone is 1. The summed E-state index contributed by atoms with van der Waals surface area (Å²) in [6.45, 7) is 5.55. The fourth-order valence-electron chi connectivity index (χ4n) is 4.77. The molecule has 0 saturated heterocycles. The molecule has 0 fully saturated rings. The van der Waals surface area contributed by atoms with E-state index in [0.29, 0.717) is 22.3 Å². The van der Waals surface area contributed by atoms with Gasteiger partial charge in [0.15, 0.2) is 0 Å². The van der Waals surface area contributed by atoms with Crippen LogP contribution in [0, 0.1) is 17.5 Å². The molecule has 2 N–H and O–H groups in total. The quantitative estimate of drug-likeness (QED) is 0.341. The number of aliphatic imine (C=N–C) groups is 1. The van der Waals surface area contributed by atoms with Gasteiger partial charge in [-0.3, -0.25) is 4.98 Å². The summed E-state index contributed by atoms with van der Waals surface area (Å²) in [6.07, 6.45) is 4.20. The highest BCUT2D eigenvalue weighted by molar-refractivity contribution is 6.03. The summed E-state index contributed by atoms with van der Waals surface area (Å²) in [4.78, 5) is 8.60. The van der Waals surface area contributed by atoms with Crippen LogP contribution in [0.5, 0.6) is 0 Å². The molecular weight excluding hydrogens is 447 g/mol. The van der Waals surface area contributed by atoms with Crippen LogP contribution in [0.2, 0.25) is 0 Å². The van der Waals surface area contributed by atoms with Gasteiger partial charge in [-0.05, 0) is 34.9 Å².